The lowest BCUT2D eigenvalue weighted by Crippen LogP contribution is -2.38. The zero-order valence-electron chi connectivity index (χ0n) is 24.9. The van der Waals surface area contributed by atoms with Crippen LogP contribution in [0.4, 0.5) is 25.0 Å². The summed E-state index contributed by atoms with van der Waals surface area (Å²) in [7, 11) is 0. The van der Waals surface area contributed by atoms with Gasteiger partial charge in [-0.05, 0) is 87.2 Å². The Bertz CT molecular complexity index is 1650. The van der Waals surface area contributed by atoms with Crippen molar-refractivity contribution in [1.29, 1.82) is 0 Å². The van der Waals surface area contributed by atoms with E-state index in [1.807, 2.05) is 0 Å². The first-order chi connectivity index (χ1) is 21.8. The summed E-state index contributed by atoms with van der Waals surface area (Å²) in [5.41, 5.74) is 2.23. The van der Waals surface area contributed by atoms with Gasteiger partial charge in [0.25, 0.3) is 5.91 Å². The van der Waals surface area contributed by atoms with Gasteiger partial charge in [0.2, 0.25) is 0 Å². The van der Waals surface area contributed by atoms with Gasteiger partial charge in [-0.25, -0.2) is 13.6 Å². The molecule has 3 heterocycles. The molecule has 5 N–H and O–H groups in total. The van der Waals surface area contributed by atoms with Crippen molar-refractivity contribution in [3.63, 3.8) is 0 Å². The van der Waals surface area contributed by atoms with Crippen molar-refractivity contribution in [2.75, 3.05) is 43.4 Å². The second-order valence-electron chi connectivity index (χ2n) is 11.1. The second kappa shape index (κ2) is 14.8. The number of aliphatic hydroxyl groups is 1. The first-order valence-electron chi connectivity index (χ1n) is 14.8. The van der Waals surface area contributed by atoms with Crippen molar-refractivity contribution in [3.8, 4) is 22.9 Å². The number of halogens is 2. The monoisotopic (exact) mass is 618 g/mol. The number of pyridine rings is 1. The summed E-state index contributed by atoms with van der Waals surface area (Å²) in [6.07, 6.45) is 6.12. The minimum atomic E-state index is -0.792. The summed E-state index contributed by atoms with van der Waals surface area (Å²) in [5, 5.41) is 17.1. The molecule has 0 bridgehead atoms. The predicted molar refractivity (Wildman–Crippen MR) is 167 cm³/mol. The number of likely N-dealkylation sites (tertiary alicyclic amines) is 1. The fraction of sp³-hybridized carbons (Fsp3) is 0.303. The van der Waals surface area contributed by atoms with E-state index >= 15 is 0 Å². The number of nitrogens with zero attached hydrogens (tertiary/aromatic N) is 2. The Morgan fingerprint density at radius 1 is 1.04 bits per heavy atom. The summed E-state index contributed by atoms with van der Waals surface area (Å²) >= 11 is 0. The van der Waals surface area contributed by atoms with Gasteiger partial charge in [0, 0.05) is 44.2 Å². The van der Waals surface area contributed by atoms with E-state index in [2.05, 4.69) is 30.8 Å². The third-order valence-electron chi connectivity index (χ3n) is 7.55. The van der Waals surface area contributed by atoms with Crippen LogP contribution >= 0.6 is 0 Å². The molecule has 2 aromatic carbocycles. The van der Waals surface area contributed by atoms with Crippen LogP contribution in [-0.4, -0.2) is 64.7 Å². The van der Waals surface area contributed by atoms with E-state index in [0.29, 0.717) is 35.2 Å². The molecule has 1 unspecified atom stereocenters. The average Bonchev–Trinajstić information content (AvgIpc) is 3.53. The Hall–Kier alpha value is -4.81. The number of H-pyrrole nitrogens is 1. The summed E-state index contributed by atoms with van der Waals surface area (Å²) in [5.74, 6) is -0.636. The van der Waals surface area contributed by atoms with Crippen molar-refractivity contribution in [1.82, 2.24) is 20.2 Å². The van der Waals surface area contributed by atoms with Gasteiger partial charge in [0.05, 0.1) is 28.3 Å². The van der Waals surface area contributed by atoms with Crippen LogP contribution < -0.4 is 20.7 Å². The molecular formula is C33H36F2N6O4. The fourth-order valence-electron chi connectivity index (χ4n) is 5.21. The SMILES string of the molecule is Cc1ccc(F)c(NC(=O)Nc2ccc(Oc3ccnc(-c4cc(C(=O)NCCCN5CCCC(CO)C5)c[nH]4)c3)cc2F)c1. The Morgan fingerprint density at radius 3 is 2.69 bits per heavy atom. The Morgan fingerprint density at radius 2 is 1.87 bits per heavy atom. The number of aromatic amines is 1. The van der Waals surface area contributed by atoms with Crippen molar-refractivity contribution in [2.45, 2.75) is 26.2 Å². The van der Waals surface area contributed by atoms with Gasteiger partial charge in [-0.15, -0.1) is 0 Å². The van der Waals surface area contributed by atoms with Gasteiger partial charge < -0.3 is 35.7 Å². The topological polar surface area (TPSA) is 132 Å². The Balaban J connectivity index is 1.13. The van der Waals surface area contributed by atoms with E-state index in [1.165, 1.54) is 30.5 Å². The van der Waals surface area contributed by atoms with Gasteiger partial charge in [0.15, 0.2) is 0 Å². The maximum absolute atomic E-state index is 14.8. The maximum Gasteiger partial charge on any atom is 0.323 e. The van der Waals surface area contributed by atoms with Crippen LogP contribution in [0.25, 0.3) is 11.4 Å². The highest BCUT2D eigenvalue weighted by Crippen LogP contribution is 2.28. The molecule has 10 nitrogen and oxygen atoms in total. The predicted octanol–water partition coefficient (Wildman–Crippen LogP) is 5.92. The minimum absolute atomic E-state index is 0.0161. The number of ether oxygens (including phenoxy) is 1. The van der Waals surface area contributed by atoms with Gasteiger partial charge in [0.1, 0.15) is 23.1 Å². The second-order valence-corrected chi connectivity index (χ2v) is 11.1. The highest BCUT2D eigenvalue weighted by molar-refractivity contribution is 6.00. The molecule has 1 fully saturated rings. The molecule has 2 aromatic heterocycles. The molecule has 3 amide bonds. The molecular weight excluding hydrogens is 582 g/mol. The lowest BCUT2D eigenvalue weighted by molar-refractivity contribution is 0.0946. The number of carbonyl (C=O) groups is 2. The highest BCUT2D eigenvalue weighted by Gasteiger charge is 2.19. The number of aromatic nitrogens is 2. The zero-order chi connectivity index (χ0) is 31.8. The quantitative estimate of drug-likeness (QED) is 0.133. The number of piperidine rings is 1. The number of benzene rings is 2. The van der Waals surface area contributed by atoms with Crippen LogP contribution in [0.5, 0.6) is 11.5 Å². The van der Waals surface area contributed by atoms with E-state index in [1.54, 1.807) is 37.4 Å². The maximum atomic E-state index is 14.8. The van der Waals surface area contributed by atoms with Crippen LogP contribution in [0.2, 0.25) is 0 Å². The van der Waals surface area contributed by atoms with Crippen molar-refractivity contribution in [3.05, 3.63) is 89.8 Å². The zero-order valence-corrected chi connectivity index (χ0v) is 24.9. The first kappa shape index (κ1) is 31.6. The molecule has 1 aliphatic rings. The van der Waals surface area contributed by atoms with Crippen molar-refractivity contribution >= 4 is 23.3 Å². The molecule has 1 saturated heterocycles. The summed E-state index contributed by atoms with van der Waals surface area (Å²) in [6.45, 7) is 5.32. The number of carbonyl (C=O) groups excluding carboxylic acids is 2. The van der Waals surface area contributed by atoms with Gasteiger partial charge in [-0.2, -0.15) is 0 Å². The minimum Gasteiger partial charge on any atom is -0.457 e. The number of urea groups is 1. The number of hydrogen-bond donors (Lipinski definition) is 5. The number of amides is 3. The van der Waals surface area contributed by atoms with Gasteiger partial charge in [-0.1, -0.05) is 6.07 Å². The molecule has 0 aliphatic carbocycles. The van der Waals surface area contributed by atoms with Crippen LogP contribution in [0.1, 0.15) is 35.2 Å². The van der Waals surface area contributed by atoms with Crippen LogP contribution in [0.15, 0.2) is 67.0 Å². The van der Waals surface area contributed by atoms with E-state index in [0.717, 1.165) is 50.5 Å². The first-order valence-corrected chi connectivity index (χ1v) is 14.8. The molecule has 1 atom stereocenters. The molecule has 0 spiro atoms. The van der Waals surface area contributed by atoms with Crippen molar-refractivity contribution in [2.24, 2.45) is 5.92 Å². The standard InChI is InChI=1S/C33H36F2N6O4/c1-21-5-7-26(34)29(14-21)40-33(44)39-28-8-6-24(16-27(28)35)45-25-9-11-36-31(17-25)30-15-23(18-38-30)32(43)37-10-3-13-41-12-2-4-22(19-41)20-42/h5-9,11,14-18,22,38,42H,2-4,10,12-13,19-20H2,1H3,(H,37,43)(H2,39,40,44). The van der Waals surface area contributed by atoms with Crippen LogP contribution in [-0.2, 0) is 0 Å². The average molecular weight is 619 g/mol. The lowest BCUT2D eigenvalue weighted by atomic mass is 9.99. The number of hydrogen-bond acceptors (Lipinski definition) is 6. The fourth-order valence-corrected chi connectivity index (χ4v) is 5.21. The summed E-state index contributed by atoms with van der Waals surface area (Å²) in [4.78, 5) is 34.7. The van der Waals surface area contributed by atoms with Gasteiger partial charge >= 0.3 is 6.03 Å². The molecule has 12 heteroatoms. The van der Waals surface area contributed by atoms with E-state index < -0.39 is 17.7 Å². The number of anilines is 2. The smallest absolute Gasteiger partial charge is 0.323 e. The summed E-state index contributed by atoms with van der Waals surface area (Å²) < 4.78 is 34.6. The highest BCUT2D eigenvalue weighted by atomic mass is 19.1. The number of aliphatic hydroxyl groups excluding tert-OH is 1. The molecule has 0 radical (unpaired) electrons. The number of nitrogens with one attached hydrogen (secondary N) is 4. The van der Waals surface area contributed by atoms with Crippen molar-refractivity contribution < 1.29 is 28.2 Å². The largest absolute Gasteiger partial charge is 0.457 e. The molecule has 236 valence electrons. The molecule has 5 rings (SSSR count). The molecule has 4 aromatic rings. The lowest BCUT2D eigenvalue weighted by Gasteiger charge is -2.31. The summed E-state index contributed by atoms with van der Waals surface area (Å²) in [6, 6.07) is 12.4. The van der Waals surface area contributed by atoms with Gasteiger partial charge in [-0.3, -0.25) is 9.78 Å². The normalized spacial score (nSPS) is 15.0. The van der Waals surface area contributed by atoms with Crippen LogP contribution in [0.3, 0.4) is 0 Å². The third-order valence-corrected chi connectivity index (χ3v) is 7.55. The third kappa shape index (κ3) is 8.64. The number of rotatable bonds is 11. The Kier molecular flexibility index (Phi) is 10.4. The molecule has 0 saturated carbocycles. The number of aryl methyl sites for hydroxylation is 1. The van der Waals surface area contributed by atoms with Crippen LogP contribution in [0, 0.1) is 24.5 Å². The van der Waals surface area contributed by atoms with E-state index in [4.69, 9.17) is 4.74 Å². The Labute approximate surface area is 259 Å². The van der Waals surface area contributed by atoms with E-state index in [-0.39, 0.29) is 29.6 Å². The molecule has 1 aliphatic heterocycles. The van der Waals surface area contributed by atoms with E-state index in [9.17, 15) is 23.5 Å². The molecule has 45 heavy (non-hydrogen) atoms.